The molecule has 0 fully saturated rings. The van der Waals surface area contributed by atoms with Crippen molar-refractivity contribution in [2.45, 2.75) is 31.2 Å². The molecule has 30 heavy (non-hydrogen) atoms. The zero-order chi connectivity index (χ0) is 21.2. The van der Waals surface area contributed by atoms with Gasteiger partial charge in [-0.1, -0.05) is 6.58 Å². The molecule has 0 radical (unpaired) electrons. The summed E-state index contributed by atoms with van der Waals surface area (Å²) in [5.74, 6) is 1.88. The van der Waals surface area contributed by atoms with Gasteiger partial charge in [-0.25, -0.2) is 0 Å². The van der Waals surface area contributed by atoms with Gasteiger partial charge in [0.15, 0.2) is 23.2 Å². The summed E-state index contributed by atoms with van der Waals surface area (Å²) >= 11 is 0. The fourth-order valence-corrected chi connectivity index (χ4v) is 4.35. The molecule has 0 amide bonds. The number of Topliss-reactive ketones (excluding diaryl/α,β-unsaturated/α-hetero) is 1. The van der Waals surface area contributed by atoms with Crippen LogP contribution >= 0.6 is 0 Å². The van der Waals surface area contributed by atoms with Gasteiger partial charge in [-0.3, -0.25) is 4.79 Å². The summed E-state index contributed by atoms with van der Waals surface area (Å²) in [6.45, 7) is 5.88. The topological polar surface area (TPSA) is 83.5 Å². The second kappa shape index (κ2) is 6.40. The Morgan fingerprint density at radius 1 is 1.17 bits per heavy atom. The molecule has 7 nitrogen and oxygen atoms in total. The molecule has 2 aromatic rings. The van der Waals surface area contributed by atoms with Crippen LogP contribution in [0.1, 0.15) is 28.4 Å². The van der Waals surface area contributed by atoms with E-state index in [1.807, 2.05) is 6.92 Å². The van der Waals surface area contributed by atoms with E-state index in [4.69, 9.17) is 23.7 Å². The molecule has 5 rings (SSSR count). The van der Waals surface area contributed by atoms with Crippen molar-refractivity contribution >= 4 is 5.78 Å². The van der Waals surface area contributed by atoms with Crippen molar-refractivity contribution in [2.75, 3.05) is 20.8 Å². The average molecular weight is 410 g/mol. The van der Waals surface area contributed by atoms with Crippen LogP contribution in [-0.2, 0) is 12.0 Å². The molecule has 0 bridgehead atoms. The molecule has 1 N–H and O–H groups in total. The average Bonchev–Trinajstić information content (AvgIpc) is 3.19. The Bertz CT molecular complexity index is 1090. The Morgan fingerprint density at radius 2 is 1.90 bits per heavy atom. The standard InChI is InChI=1S/C23H22O7/c1-11(2)16-7-13-15(29-16)6-5-12-21(13)30-20-10-28-17-9-19(27-4)18(26-3)8-14(17)23(20,25)22(12)24/h5-6,8-9,16,20,25H,1,7,10H2,2-4H3/t16?,20?,23-/m1/s1. The van der Waals surface area contributed by atoms with E-state index < -0.39 is 17.5 Å². The van der Waals surface area contributed by atoms with Crippen LogP contribution < -0.4 is 23.7 Å². The van der Waals surface area contributed by atoms with Gasteiger partial charge in [0.25, 0.3) is 0 Å². The van der Waals surface area contributed by atoms with Gasteiger partial charge in [-0.2, -0.15) is 0 Å². The molecule has 3 aliphatic rings. The van der Waals surface area contributed by atoms with Crippen LogP contribution in [0.25, 0.3) is 0 Å². The summed E-state index contributed by atoms with van der Waals surface area (Å²) < 4.78 is 28.6. The van der Waals surface area contributed by atoms with Gasteiger partial charge < -0.3 is 28.8 Å². The molecule has 2 aromatic carbocycles. The number of ketones is 1. The minimum atomic E-state index is -1.90. The number of ether oxygens (including phenoxy) is 5. The van der Waals surface area contributed by atoms with Crippen molar-refractivity contribution in [1.82, 2.24) is 0 Å². The van der Waals surface area contributed by atoms with E-state index >= 15 is 0 Å². The predicted molar refractivity (Wildman–Crippen MR) is 107 cm³/mol. The zero-order valence-electron chi connectivity index (χ0n) is 17.0. The molecule has 0 saturated carbocycles. The van der Waals surface area contributed by atoms with Crippen LogP contribution in [0.2, 0.25) is 0 Å². The van der Waals surface area contributed by atoms with Crippen LogP contribution in [-0.4, -0.2) is 43.9 Å². The van der Waals surface area contributed by atoms with Crippen molar-refractivity contribution in [1.29, 1.82) is 0 Å². The molecule has 3 aliphatic heterocycles. The lowest BCUT2D eigenvalue weighted by molar-refractivity contribution is -0.0802. The third-order valence-corrected chi connectivity index (χ3v) is 6.03. The normalized spacial score (nSPS) is 25.5. The fourth-order valence-electron chi connectivity index (χ4n) is 4.35. The van der Waals surface area contributed by atoms with Crippen LogP contribution in [0.3, 0.4) is 0 Å². The van der Waals surface area contributed by atoms with E-state index in [0.29, 0.717) is 46.3 Å². The van der Waals surface area contributed by atoms with Crippen molar-refractivity contribution in [3.8, 4) is 28.7 Å². The number of fused-ring (bicyclic) bond motifs is 6. The van der Waals surface area contributed by atoms with Gasteiger partial charge in [0.2, 0.25) is 5.78 Å². The highest BCUT2D eigenvalue weighted by molar-refractivity contribution is 6.07. The second-order valence-electron chi connectivity index (χ2n) is 7.79. The van der Waals surface area contributed by atoms with Gasteiger partial charge in [0, 0.05) is 23.6 Å². The largest absolute Gasteiger partial charge is 0.493 e. The summed E-state index contributed by atoms with van der Waals surface area (Å²) in [5, 5.41) is 11.6. The molecule has 2 unspecified atom stereocenters. The summed E-state index contributed by atoms with van der Waals surface area (Å²) in [6.07, 6.45) is -0.501. The number of hydrogen-bond donors (Lipinski definition) is 1. The molecule has 0 saturated heterocycles. The SMILES string of the molecule is C=C(C)C1Cc2c(ccc3c2OC2COc4cc(OC)c(OC)cc4[C@]2(O)C3=O)O1. The lowest BCUT2D eigenvalue weighted by Crippen LogP contribution is -2.57. The molecular formula is C23H22O7. The maximum Gasteiger partial charge on any atom is 0.206 e. The highest BCUT2D eigenvalue weighted by Crippen LogP contribution is 2.51. The Balaban J connectivity index is 1.63. The number of carbonyl (C=O) groups is 1. The number of aliphatic hydroxyl groups is 1. The molecule has 0 aromatic heterocycles. The van der Waals surface area contributed by atoms with Crippen molar-refractivity contribution in [3.63, 3.8) is 0 Å². The monoisotopic (exact) mass is 410 g/mol. The number of rotatable bonds is 3. The fraction of sp³-hybridized carbons (Fsp3) is 0.348. The maximum absolute atomic E-state index is 13.6. The first-order valence-corrected chi connectivity index (χ1v) is 9.69. The third kappa shape index (κ3) is 2.38. The van der Waals surface area contributed by atoms with E-state index in [9.17, 15) is 9.90 Å². The summed E-state index contributed by atoms with van der Waals surface area (Å²) in [4.78, 5) is 13.6. The zero-order valence-corrected chi connectivity index (χ0v) is 17.0. The molecule has 3 atom stereocenters. The highest BCUT2D eigenvalue weighted by atomic mass is 16.6. The van der Waals surface area contributed by atoms with E-state index in [-0.39, 0.29) is 12.7 Å². The highest BCUT2D eigenvalue weighted by Gasteiger charge is 2.56. The quantitative estimate of drug-likeness (QED) is 0.779. The maximum atomic E-state index is 13.6. The minimum absolute atomic E-state index is 0.0125. The van der Waals surface area contributed by atoms with Gasteiger partial charge in [0.05, 0.1) is 19.8 Å². The number of methoxy groups -OCH3 is 2. The summed E-state index contributed by atoms with van der Waals surface area (Å²) in [7, 11) is 3.00. The molecule has 0 aliphatic carbocycles. The molecular weight excluding hydrogens is 388 g/mol. The first kappa shape index (κ1) is 18.8. The van der Waals surface area contributed by atoms with Gasteiger partial charge >= 0.3 is 0 Å². The Kier molecular flexibility index (Phi) is 4.02. The predicted octanol–water partition coefficient (Wildman–Crippen LogP) is 2.81. The Hall–Kier alpha value is -3.19. The Labute approximate surface area is 173 Å². The van der Waals surface area contributed by atoms with Crippen LogP contribution in [0.5, 0.6) is 28.7 Å². The van der Waals surface area contributed by atoms with Gasteiger partial charge in [-0.15, -0.1) is 0 Å². The lowest BCUT2D eigenvalue weighted by atomic mass is 9.77. The molecule has 156 valence electrons. The van der Waals surface area contributed by atoms with E-state index in [2.05, 4.69) is 6.58 Å². The summed E-state index contributed by atoms with van der Waals surface area (Å²) in [5.41, 5.74) is 0.426. The van der Waals surface area contributed by atoms with Gasteiger partial charge in [0.1, 0.15) is 30.0 Å². The first-order valence-electron chi connectivity index (χ1n) is 9.69. The first-order chi connectivity index (χ1) is 14.4. The lowest BCUT2D eigenvalue weighted by Gasteiger charge is -2.43. The Morgan fingerprint density at radius 3 is 2.60 bits per heavy atom. The third-order valence-electron chi connectivity index (χ3n) is 6.03. The van der Waals surface area contributed by atoms with Crippen molar-refractivity contribution in [3.05, 3.63) is 53.1 Å². The molecule has 7 heteroatoms. The van der Waals surface area contributed by atoms with Crippen molar-refractivity contribution < 1.29 is 33.6 Å². The van der Waals surface area contributed by atoms with E-state index in [1.165, 1.54) is 14.2 Å². The van der Waals surface area contributed by atoms with E-state index in [0.717, 1.165) is 11.1 Å². The van der Waals surface area contributed by atoms with Crippen LogP contribution in [0.15, 0.2) is 36.4 Å². The van der Waals surface area contributed by atoms with Crippen LogP contribution in [0.4, 0.5) is 0 Å². The minimum Gasteiger partial charge on any atom is -0.493 e. The van der Waals surface area contributed by atoms with Crippen LogP contribution in [0, 0.1) is 0 Å². The van der Waals surface area contributed by atoms with E-state index in [1.54, 1.807) is 24.3 Å². The smallest absolute Gasteiger partial charge is 0.206 e. The second-order valence-corrected chi connectivity index (χ2v) is 7.79. The molecule has 3 heterocycles. The number of carbonyl (C=O) groups excluding carboxylic acids is 1. The van der Waals surface area contributed by atoms with Gasteiger partial charge in [-0.05, 0) is 30.7 Å². The summed E-state index contributed by atoms with van der Waals surface area (Å²) in [6, 6.07) is 6.57. The van der Waals surface area contributed by atoms with Crippen molar-refractivity contribution in [2.24, 2.45) is 0 Å². The molecule has 0 spiro atoms. The number of hydrogen-bond acceptors (Lipinski definition) is 7. The number of benzene rings is 2.